The summed E-state index contributed by atoms with van der Waals surface area (Å²) in [6.45, 7) is 2.13. The molecule has 106 valence electrons. The Bertz CT molecular complexity index is 704. The molecule has 0 bridgehead atoms. The minimum absolute atomic E-state index is 0.198. The van der Waals surface area contributed by atoms with Gasteiger partial charge >= 0.3 is 0 Å². The highest BCUT2D eigenvalue weighted by Crippen LogP contribution is 2.21. The summed E-state index contributed by atoms with van der Waals surface area (Å²) in [5.74, 6) is 0. The van der Waals surface area contributed by atoms with Gasteiger partial charge in [-0.05, 0) is 43.3 Å². The molecule has 0 saturated carbocycles. The molecular weight excluding hydrogens is 326 g/mol. The van der Waals surface area contributed by atoms with Crippen LogP contribution in [-0.2, 0) is 0 Å². The van der Waals surface area contributed by atoms with E-state index in [9.17, 15) is 0 Å². The summed E-state index contributed by atoms with van der Waals surface area (Å²) in [5, 5.41) is 7.91. The Morgan fingerprint density at radius 1 is 1.05 bits per heavy atom. The van der Waals surface area contributed by atoms with Crippen LogP contribution in [-0.4, -0.2) is 9.78 Å². The van der Waals surface area contributed by atoms with Crippen molar-refractivity contribution in [1.29, 1.82) is 0 Å². The van der Waals surface area contributed by atoms with Gasteiger partial charge in [-0.3, -0.25) is 0 Å². The van der Waals surface area contributed by atoms with E-state index >= 15 is 0 Å². The Labute approximate surface area is 132 Å². The molecule has 0 amide bonds. The van der Waals surface area contributed by atoms with Crippen LogP contribution in [0.15, 0.2) is 71.5 Å². The lowest BCUT2D eigenvalue weighted by Crippen LogP contribution is -2.05. The Hall–Kier alpha value is -2.07. The maximum Gasteiger partial charge on any atom is 0.0645 e. The zero-order chi connectivity index (χ0) is 14.7. The van der Waals surface area contributed by atoms with E-state index in [1.807, 2.05) is 53.3 Å². The molecule has 0 aliphatic rings. The molecule has 3 nitrogen and oxygen atoms in total. The average molecular weight is 342 g/mol. The fourth-order valence-corrected chi connectivity index (χ4v) is 2.43. The van der Waals surface area contributed by atoms with E-state index in [1.165, 1.54) is 0 Å². The monoisotopic (exact) mass is 341 g/mol. The fraction of sp³-hybridized carbons (Fsp3) is 0.118. The van der Waals surface area contributed by atoms with Gasteiger partial charge in [0.1, 0.15) is 0 Å². The molecule has 0 aliphatic carbocycles. The maximum atomic E-state index is 4.43. The molecule has 1 unspecified atom stereocenters. The molecule has 1 atom stereocenters. The van der Waals surface area contributed by atoms with Crippen LogP contribution in [0.1, 0.15) is 18.5 Å². The van der Waals surface area contributed by atoms with Gasteiger partial charge in [-0.25, -0.2) is 4.68 Å². The molecule has 4 heteroatoms. The van der Waals surface area contributed by atoms with Gasteiger partial charge in [0, 0.05) is 21.9 Å². The molecule has 0 radical (unpaired) electrons. The van der Waals surface area contributed by atoms with Crippen molar-refractivity contribution in [1.82, 2.24) is 9.78 Å². The predicted molar refractivity (Wildman–Crippen MR) is 89.7 cm³/mol. The zero-order valence-corrected chi connectivity index (χ0v) is 13.3. The van der Waals surface area contributed by atoms with Gasteiger partial charge in [0.2, 0.25) is 0 Å². The molecule has 1 aromatic heterocycles. The number of aromatic nitrogens is 2. The third-order valence-electron chi connectivity index (χ3n) is 3.35. The first-order chi connectivity index (χ1) is 10.2. The molecule has 21 heavy (non-hydrogen) atoms. The minimum Gasteiger partial charge on any atom is -0.378 e. The first-order valence-corrected chi connectivity index (χ1v) is 7.64. The van der Waals surface area contributed by atoms with Crippen molar-refractivity contribution < 1.29 is 0 Å². The van der Waals surface area contributed by atoms with Gasteiger partial charge in [0.05, 0.1) is 17.9 Å². The number of anilines is 1. The lowest BCUT2D eigenvalue weighted by Gasteiger charge is -2.13. The molecule has 0 fully saturated rings. The second-order valence-electron chi connectivity index (χ2n) is 4.93. The van der Waals surface area contributed by atoms with E-state index in [4.69, 9.17) is 0 Å². The van der Waals surface area contributed by atoms with Crippen molar-refractivity contribution in [3.63, 3.8) is 0 Å². The van der Waals surface area contributed by atoms with Crippen LogP contribution in [0.25, 0.3) is 5.69 Å². The summed E-state index contributed by atoms with van der Waals surface area (Å²) >= 11 is 3.44. The van der Waals surface area contributed by atoms with E-state index in [2.05, 4.69) is 51.6 Å². The van der Waals surface area contributed by atoms with Gasteiger partial charge < -0.3 is 5.32 Å². The normalized spacial score (nSPS) is 12.1. The number of benzene rings is 2. The summed E-state index contributed by atoms with van der Waals surface area (Å²) in [6.07, 6.45) is 3.97. The minimum atomic E-state index is 0.198. The number of nitrogens with zero attached hydrogens (tertiary/aromatic N) is 2. The smallest absolute Gasteiger partial charge is 0.0645 e. The molecule has 0 spiro atoms. The topological polar surface area (TPSA) is 29.9 Å². The zero-order valence-electron chi connectivity index (χ0n) is 11.7. The van der Waals surface area contributed by atoms with Gasteiger partial charge in [0.25, 0.3) is 0 Å². The van der Waals surface area contributed by atoms with E-state index in [0.717, 1.165) is 21.4 Å². The van der Waals surface area contributed by atoms with Crippen LogP contribution in [0, 0.1) is 0 Å². The molecular formula is C17H16BrN3. The van der Waals surface area contributed by atoms with Crippen LogP contribution < -0.4 is 5.32 Å². The standard InChI is InChI=1S/C17H16BrN3/c1-13(20-16-9-7-15(18)8-10-16)14-11-19-21(12-14)17-5-3-2-4-6-17/h2-13,20H,1H3. The molecule has 3 rings (SSSR count). The number of para-hydroxylation sites is 1. The second-order valence-corrected chi connectivity index (χ2v) is 5.84. The van der Waals surface area contributed by atoms with Gasteiger partial charge in [-0.2, -0.15) is 5.10 Å². The van der Waals surface area contributed by atoms with Crippen molar-refractivity contribution in [2.24, 2.45) is 0 Å². The Morgan fingerprint density at radius 3 is 2.48 bits per heavy atom. The van der Waals surface area contributed by atoms with Crippen molar-refractivity contribution in [2.75, 3.05) is 5.32 Å². The quantitative estimate of drug-likeness (QED) is 0.738. The average Bonchev–Trinajstić information content (AvgIpc) is 3.00. The molecule has 0 saturated heterocycles. The van der Waals surface area contributed by atoms with Crippen molar-refractivity contribution >= 4 is 21.6 Å². The van der Waals surface area contributed by atoms with E-state index in [1.54, 1.807) is 0 Å². The second kappa shape index (κ2) is 6.14. The highest BCUT2D eigenvalue weighted by atomic mass is 79.9. The summed E-state index contributed by atoms with van der Waals surface area (Å²) < 4.78 is 2.98. The Balaban J connectivity index is 1.75. The third-order valence-corrected chi connectivity index (χ3v) is 3.88. The Morgan fingerprint density at radius 2 is 1.76 bits per heavy atom. The Kier molecular flexibility index (Phi) is 4.06. The number of rotatable bonds is 4. The fourth-order valence-electron chi connectivity index (χ4n) is 2.16. The van der Waals surface area contributed by atoms with Crippen LogP contribution in [0.2, 0.25) is 0 Å². The van der Waals surface area contributed by atoms with E-state index < -0.39 is 0 Å². The molecule has 1 heterocycles. The summed E-state index contributed by atoms with van der Waals surface area (Å²) in [6, 6.07) is 18.5. The van der Waals surface area contributed by atoms with Crippen LogP contribution in [0.3, 0.4) is 0 Å². The lowest BCUT2D eigenvalue weighted by molar-refractivity contribution is 0.868. The van der Waals surface area contributed by atoms with E-state index in [-0.39, 0.29) is 6.04 Å². The highest BCUT2D eigenvalue weighted by molar-refractivity contribution is 9.10. The number of hydrogen-bond donors (Lipinski definition) is 1. The van der Waals surface area contributed by atoms with Crippen LogP contribution in [0.4, 0.5) is 5.69 Å². The van der Waals surface area contributed by atoms with Crippen molar-refractivity contribution in [3.05, 3.63) is 77.0 Å². The van der Waals surface area contributed by atoms with Gasteiger partial charge in [0.15, 0.2) is 0 Å². The number of hydrogen-bond acceptors (Lipinski definition) is 2. The first-order valence-electron chi connectivity index (χ1n) is 6.84. The van der Waals surface area contributed by atoms with Crippen molar-refractivity contribution in [3.8, 4) is 5.69 Å². The van der Waals surface area contributed by atoms with Gasteiger partial charge in [-0.15, -0.1) is 0 Å². The van der Waals surface area contributed by atoms with Gasteiger partial charge in [-0.1, -0.05) is 34.1 Å². The predicted octanol–water partition coefficient (Wildman–Crippen LogP) is 4.81. The first kappa shape index (κ1) is 13.9. The van der Waals surface area contributed by atoms with Crippen LogP contribution in [0.5, 0.6) is 0 Å². The van der Waals surface area contributed by atoms with E-state index in [0.29, 0.717) is 0 Å². The number of halogens is 1. The third kappa shape index (κ3) is 3.34. The summed E-state index contributed by atoms with van der Waals surface area (Å²) in [5.41, 5.74) is 3.32. The highest BCUT2D eigenvalue weighted by Gasteiger charge is 2.08. The SMILES string of the molecule is CC(Nc1ccc(Br)cc1)c1cnn(-c2ccccc2)c1. The van der Waals surface area contributed by atoms with Crippen molar-refractivity contribution in [2.45, 2.75) is 13.0 Å². The summed E-state index contributed by atoms with van der Waals surface area (Å²) in [7, 11) is 0. The lowest BCUT2D eigenvalue weighted by atomic mass is 10.2. The molecule has 0 aliphatic heterocycles. The molecule has 1 N–H and O–H groups in total. The maximum absolute atomic E-state index is 4.43. The largest absolute Gasteiger partial charge is 0.378 e. The number of nitrogens with one attached hydrogen (secondary N) is 1. The van der Waals surface area contributed by atoms with Crippen LogP contribution >= 0.6 is 15.9 Å². The molecule has 2 aromatic carbocycles. The molecule has 3 aromatic rings. The summed E-state index contributed by atoms with van der Waals surface area (Å²) in [4.78, 5) is 0.